The van der Waals surface area contributed by atoms with Crippen molar-refractivity contribution in [1.82, 2.24) is 10.2 Å². The number of rotatable bonds is 10. The lowest BCUT2D eigenvalue weighted by Crippen LogP contribution is -2.49. The normalized spacial score (nSPS) is 11.3. The SMILES string of the molecule is CC[C@H](C(=O)NC)N(Cc1ccccc1)C(=O)COc1ccc([N+](=O)[O-])c(OC)c1. The molecule has 0 heterocycles. The highest BCUT2D eigenvalue weighted by atomic mass is 16.6. The molecule has 2 amide bonds. The number of ether oxygens (including phenoxy) is 2. The fraction of sp³-hybridized carbons (Fsp3) is 0.333. The van der Waals surface area contributed by atoms with Crippen LogP contribution in [0, 0.1) is 10.1 Å². The lowest BCUT2D eigenvalue weighted by Gasteiger charge is -2.30. The molecule has 0 bridgehead atoms. The van der Waals surface area contributed by atoms with Gasteiger partial charge in [-0.2, -0.15) is 0 Å². The molecule has 1 atom stereocenters. The van der Waals surface area contributed by atoms with E-state index in [1.54, 1.807) is 0 Å². The monoisotopic (exact) mass is 415 g/mol. The lowest BCUT2D eigenvalue weighted by atomic mass is 10.1. The minimum absolute atomic E-state index is 0.0305. The Morgan fingerprint density at radius 3 is 2.47 bits per heavy atom. The van der Waals surface area contributed by atoms with Crippen molar-refractivity contribution in [2.75, 3.05) is 20.8 Å². The number of amides is 2. The van der Waals surface area contributed by atoms with E-state index in [0.717, 1.165) is 5.56 Å². The maximum atomic E-state index is 13.0. The van der Waals surface area contributed by atoms with Gasteiger partial charge in [0.2, 0.25) is 11.7 Å². The zero-order valence-corrected chi connectivity index (χ0v) is 17.2. The van der Waals surface area contributed by atoms with Gasteiger partial charge in [-0.25, -0.2) is 0 Å². The minimum atomic E-state index is -0.655. The van der Waals surface area contributed by atoms with Gasteiger partial charge in [-0.05, 0) is 18.1 Å². The number of likely N-dealkylation sites (N-methyl/N-ethyl adjacent to an activating group) is 1. The summed E-state index contributed by atoms with van der Waals surface area (Å²) < 4.78 is 10.6. The molecule has 0 unspecified atom stereocenters. The first kappa shape index (κ1) is 22.7. The first-order valence-corrected chi connectivity index (χ1v) is 9.41. The number of nitro benzene ring substituents is 1. The Labute approximate surface area is 174 Å². The highest BCUT2D eigenvalue weighted by Crippen LogP contribution is 2.30. The highest BCUT2D eigenvalue weighted by Gasteiger charge is 2.28. The molecule has 2 rings (SSSR count). The molecule has 160 valence electrons. The van der Waals surface area contributed by atoms with E-state index in [2.05, 4.69) is 5.32 Å². The molecule has 9 nitrogen and oxygen atoms in total. The number of methoxy groups -OCH3 is 1. The van der Waals surface area contributed by atoms with Crippen LogP contribution in [0.15, 0.2) is 48.5 Å². The van der Waals surface area contributed by atoms with Crippen molar-refractivity contribution >= 4 is 17.5 Å². The number of carbonyl (C=O) groups is 2. The van der Waals surface area contributed by atoms with E-state index in [-0.39, 0.29) is 42.2 Å². The van der Waals surface area contributed by atoms with Crippen molar-refractivity contribution in [3.63, 3.8) is 0 Å². The summed E-state index contributed by atoms with van der Waals surface area (Å²) in [5.74, 6) is -0.369. The number of carbonyl (C=O) groups excluding carboxylic acids is 2. The van der Waals surface area contributed by atoms with Gasteiger partial charge in [0, 0.05) is 25.7 Å². The van der Waals surface area contributed by atoms with Crippen molar-refractivity contribution in [2.45, 2.75) is 25.9 Å². The van der Waals surface area contributed by atoms with E-state index >= 15 is 0 Å². The average Bonchev–Trinajstić information content (AvgIpc) is 2.77. The van der Waals surface area contributed by atoms with Crippen molar-refractivity contribution in [3.8, 4) is 11.5 Å². The zero-order chi connectivity index (χ0) is 22.1. The number of hydrogen-bond acceptors (Lipinski definition) is 6. The number of nitrogens with zero attached hydrogens (tertiary/aromatic N) is 2. The Morgan fingerprint density at radius 1 is 1.20 bits per heavy atom. The topological polar surface area (TPSA) is 111 Å². The summed E-state index contributed by atoms with van der Waals surface area (Å²) in [6.07, 6.45) is 0.434. The molecule has 2 aromatic carbocycles. The first-order valence-electron chi connectivity index (χ1n) is 9.41. The molecular weight excluding hydrogens is 390 g/mol. The lowest BCUT2D eigenvalue weighted by molar-refractivity contribution is -0.385. The van der Waals surface area contributed by atoms with E-state index in [9.17, 15) is 19.7 Å². The third-order valence-electron chi connectivity index (χ3n) is 4.54. The summed E-state index contributed by atoms with van der Waals surface area (Å²) in [5, 5.41) is 13.6. The Kier molecular flexibility index (Phi) is 8.16. The van der Waals surface area contributed by atoms with Crippen molar-refractivity contribution in [3.05, 3.63) is 64.2 Å². The summed E-state index contributed by atoms with van der Waals surface area (Å²) in [6, 6.07) is 12.7. The van der Waals surface area contributed by atoms with E-state index in [0.29, 0.717) is 6.42 Å². The molecule has 0 aliphatic heterocycles. The molecule has 0 aliphatic rings. The maximum absolute atomic E-state index is 13.0. The number of nitrogens with one attached hydrogen (secondary N) is 1. The predicted octanol–water partition coefficient (Wildman–Crippen LogP) is 2.54. The van der Waals surface area contributed by atoms with Crippen LogP contribution in [0.1, 0.15) is 18.9 Å². The van der Waals surface area contributed by atoms with Crippen LogP contribution in [0.4, 0.5) is 5.69 Å². The van der Waals surface area contributed by atoms with Gasteiger partial charge in [0.1, 0.15) is 11.8 Å². The van der Waals surface area contributed by atoms with Crippen LogP contribution in [0.5, 0.6) is 11.5 Å². The van der Waals surface area contributed by atoms with Gasteiger partial charge < -0.3 is 19.7 Å². The van der Waals surface area contributed by atoms with E-state index in [4.69, 9.17) is 9.47 Å². The molecule has 0 aliphatic carbocycles. The maximum Gasteiger partial charge on any atom is 0.311 e. The Morgan fingerprint density at radius 2 is 1.90 bits per heavy atom. The largest absolute Gasteiger partial charge is 0.490 e. The summed E-state index contributed by atoms with van der Waals surface area (Å²) >= 11 is 0. The van der Waals surface area contributed by atoms with Crippen LogP contribution in [0.25, 0.3) is 0 Å². The van der Waals surface area contributed by atoms with Crippen LogP contribution in [0.3, 0.4) is 0 Å². The molecule has 0 radical (unpaired) electrons. The van der Waals surface area contributed by atoms with Crippen LogP contribution in [0.2, 0.25) is 0 Å². The van der Waals surface area contributed by atoms with Gasteiger partial charge >= 0.3 is 5.69 Å². The molecule has 0 saturated heterocycles. The van der Waals surface area contributed by atoms with Crippen LogP contribution in [-0.2, 0) is 16.1 Å². The average molecular weight is 415 g/mol. The molecule has 1 N–H and O–H groups in total. The Balaban J connectivity index is 2.19. The molecule has 30 heavy (non-hydrogen) atoms. The molecule has 0 saturated carbocycles. The summed E-state index contributed by atoms with van der Waals surface area (Å²) in [4.78, 5) is 37.2. The minimum Gasteiger partial charge on any atom is -0.490 e. The van der Waals surface area contributed by atoms with Gasteiger partial charge in [-0.3, -0.25) is 19.7 Å². The van der Waals surface area contributed by atoms with Crippen molar-refractivity contribution < 1.29 is 24.0 Å². The van der Waals surface area contributed by atoms with Gasteiger partial charge in [-0.1, -0.05) is 37.3 Å². The third-order valence-corrected chi connectivity index (χ3v) is 4.54. The quantitative estimate of drug-likeness (QED) is 0.472. The van der Waals surface area contributed by atoms with Crippen molar-refractivity contribution in [2.24, 2.45) is 0 Å². The molecule has 0 spiro atoms. The molecule has 9 heteroatoms. The number of hydrogen-bond donors (Lipinski definition) is 1. The van der Waals surface area contributed by atoms with Crippen LogP contribution in [-0.4, -0.2) is 48.4 Å². The van der Waals surface area contributed by atoms with E-state index in [1.165, 1.54) is 37.3 Å². The van der Waals surface area contributed by atoms with Crippen LogP contribution < -0.4 is 14.8 Å². The second kappa shape index (κ2) is 10.8. The van der Waals surface area contributed by atoms with E-state index < -0.39 is 11.0 Å². The third kappa shape index (κ3) is 5.69. The fourth-order valence-corrected chi connectivity index (χ4v) is 2.99. The predicted molar refractivity (Wildman–Crippen MR) is 110 cm³/mol. The summed E-state index contributed by atoms with van der Waals surface area (Å²) in [7, 11) is 2.84. The molecule has 2 aromatic rings. The molecule has 0 fully saturated rings. The standard InChI is InChI=1S/C21H25N3O6/c1-4-17(21(26)22-2)23(13-15-8-6-5-7-9-15)20(25)14-30-16-10-11-18(24(27)28)19(12-16)29-3/h5-12,17H,4,13-14H2,1-3H3,(H,22,26)/t17-/m1/s1. The summed E-state index contributed by atoms with van der Waals surface area (Å²) in [5.41, 5.74) is 0.678. The molecular formula is C21H25N3O6. The van der Waals surface area contributed by atoms with Crippen LogP contribution >= 0.6 is 0 Å². The van der Waals surface area contributed by atoms with Gasteiger partial charge in [-0.15, -0.1) is 0 Å². The molecule has 0 aromatic heterocycles. The van der Waals surface area contributed by atoms with Gasteiger partial charge in [0.05, 0.1) is 12.0 Å². The fourth-order valence-electron chi connectivity index (χ4n) is 2.99. The smallest absolute Gasteiger partial charge is 0.311 e. The summed E-state index contributed by atoms with van der Waals surface area (Å²) in [6.45, 7) is 1.74. The zero-order valence-electron chi connectivity index (χ0n) is 17.2. The highest BCUT2D eigenvalue weighted by molar-refractivity contribution is 5.88. The van der Waals surface area contributed by atoms with Crippen molar-refractivity contribution in [1.29, 1.82) is 0 Å². The Bertz CT molecular complexity index is 888. The van der Waals surface area contributed by atoms with E-state index in [1.807, 2.05) is 37.3 Å². The van der Waals surface area contributed by atoms with Gasteiger partial charge in [0.15, 0.2) is 6.61 Å². The first-order chi connectivity index (χ1) is 14.4. The number of benzene rings is 2. The second-order valence-electron chi connectivity index (χ2n) is 6.42. The Hall–Kier alpha value is -3.62. The number of nitro groups is 1. The second-order valence-corrected chi connectivity index (χ2v) is 6.42. The van der Waals surface area contributed by atoms with Gasteiger partial charge in [0.25, 0.3) is 5.91 Å².